The number of nitrogens with zero attached hydrogens (tertiary/aromatic N) is 1. The SMILES string of the molecule is C[C@H](NC(=O)C1=C2c3ccccc3S(=O)(=O)N2CC1)C(=O)N[C@H](CCC(=O)O)C(=O)O. The number of carboxylic acids is 2. The second-order valence-corrected chi connectivity index (χ2v) is 9.01. The average Bonchev–Trinajstić information content (AvgIpc) is 3.24. The molecular weight excluding hydrogens is 430 g/mol. The van der Waals surface area contributed by atoms with Crippen LogP contribution in [0, 0.1) is 0 Å². The third-order valence-corrected chi connectivity index (χ3v) is 6.94. The number of hydrogen-bond donors (Lipinski definition) is 4. The van der Waals surface area contributed by atoms with E-state index in [0.29, 0.717) is 5.56 Å². The second kappa shape index (κ2) is 8.38. The van der Waals surface area contributed by atoms with E-state index in [1.165, 1.54) is 17.3 Å². The largest absolute Gasteiger partial charge is 0.481 e. The fourth-order valence-electron chi connectivity index (χ4n) is 3.53. The van der Waals surface area contributed by atoms with Gasteiger partial charge in [0, 0.05) is 24.1 Å². The van der Waals surface area contributed by atoms with Crippen LogP contribution in [0.4, 0.5) is 0 Å². The van der Waals surface area contributed by atoms with E-state index in [4.69, 9.17) is 10.2 Å². The minimum Gasteiger partial charge on any atom is -0.481 e. The molecule has 0 aliphatic carbocycles. The molecule has 4 N–H and O–H groups in total. The number of nitrogens with one attached hydrogen (secondary N) is 2. The summed E-state index contributed by atoms with van der Waals surface area (Å²) in [5.74, 6) is -4.03. The van der Waals surface area contributed by atoms with E-state index in [0.717, 1.165) is 0 Å². The van der Waals surface area contributed by atoms with Crippen LogP contribution in [0.15, 0.2) is 34.7 Å². The van der Waals surface area contributed by atoms with Gasteiger partial charge in [-0.2, -0.15) is 0 Å². The minimum atomic E-state index is -3.73. The van der Waals surface area contributed by atoms with Crippen molar-refractivity contribution in [2.45, 2.75) is 43.2 Å². The number of carbonyl (C=O) groups excluding carboxylic acids is 2. The first-order valence-corrected chi connectivity index (χ1v) is 10.9. The summed E-state index contributed by atoms with van der Waals surface area (Å²) < 4.78 is 26.5. The van der Waals surface area contributed by atoms with E-state index in [1.807, 2.05) is 0 Å². The summed E-state index contributed by atoms with van der Waals surface area (Å²) in [5.41, 5.74) is 0.918. The maximum absolute atomic E-state index is 12.8. The van der Waals surface area contributed by atoms with Crippen molar-refractivity contribution in [2.75, 3.05) is 6.54 Å². The molecule has 1 aromatic rings. The molecule has 31 heavy (non-hydrogen) atoms. The summed E-state index contributed by atoms with van der Waals surface area (Å²) in [7, 11) is -3.73. The third kappa shape index (κ3) is 4.24. The summed E-state index contributed by atoms with van der Waals surface area (Å²) in [6, 6.07) is 3.78. The van der Waals surface area contributed by atoms with Gasteiger partial charge < -0.3 is 20.8 Å². The molecule has 0 unspecified atom stereocenters. The molecule has 1 aromatic carbocycles. The molecule has 0 saturated heterocycles. The van der Waals surface area contributed by atoms with Gasteiger partial charge in [0.05, 0.1) is 10.6 Å². The summed E-state index contributed by atoms with van der Waals surface area (Å²) in [6.07, 6.45) is -0.590. The molecule has 2 aliphatic rings. The maximum atomic E-state index is 12.8. The van der Waals surface area contributed by atoms with Crippen molar-refractivity contribution in [1.82, 2.24) is 14.9 Å². The Bertz CT molecular complexity index is 1100. The molecule has 3 rings (SSSR count). The highest BCUT2D eigenvalue weighted by Crippen LogP contribution is 2.44. The smallest absolute Gasteiger partial charge is 0.326 e. The van der Waals surface area contributed by atoms with Gasteiger partial charge in [0.1, 0.15) is 12.1 Å². The number of fused-ring (bicyclic) bond motifs is 3. The molecule has 0 bridgehead atoms. The zero-order chi connectivity index (χ0) is 22.9. The minimum absolute atomic E-state index is 0.103. The van der Waals surface area contributed by atoms with E-state index < -0.39 is 52.3 Å². The summed E-state index contributed by atoms with van der Waals surface area (Å²) in [6.45, 7) is 1.45. The number of hydrogen-bond acceptors (Lipinski definition) is 6. The molecule has 2 heterocycles. The van der Waals surface area contributed by atoms with Crippen LogP contribution < -0.4 is 10.6 Å². The Morgan fingerprint density at radius 2 is 1.81 bits per heavy atom. The molecule has 0 saturated carbocycles. The number of amides is 2. The number of rotatable bonds is 8. The van der Waals surface area contributed by atoms with E-state index >= 15 is 0 Å². The molecule has 0 fully saturated rings. The van der Waals surface area contributed by atoms with Crippen molar-refractivity contribution in [3.63, 3.8) is 0 Å². The highest BCUT2D eigenvalue weighted by atomic mass is 32.2. The Hall–Kier alpha value is -3.41. The lowest BCUT2D eigenvalue weighted by Gasteiger charge is -2.18. The lowest BCUT2D eigenvalue weighted by molar-refractivity contribution is -0.143. The predicted molar refractivity (Wildman–Crippen MR) is 106 cm³/mol. The summed E-state index contributed by atoms with van der Waals surface area (Å²) >= 11 is 0. The molecular formula is C19H21N3O8S. The molecule has 2 aliphatic heterocycles. The lowest BCUT2D eigenvalue weighted by Crippen LogP contribution is -2.50. The molecule has 2 amide bonds. The Balaban J connectivity index is 1.74. The van der Waals surface area contributed by atoms with Gasteiger partial charge in [-0.25, -0.2) is 13.2 Å². The van der Waals surface area contributed by atoms with Gasteiger partial charge >= 0.3 is 11.9 Å². The molecule has 166 valence electrons. The fraction of sp³-hybridized carbons (Fsp3) is 0.368. The first kappa shape index (κ1) is 22.3. The van der Waals surface area contributed by atoms with Crippen molar-refractivity contribution in [1.29, 1.82) is 0 Å². The van der Waals surface area contributed by atoms with Gasteiger partial charge in [0.2, 0.25) is 11.8 Å². The third-order valence-electron chi connectivity index (χ3n) is 5.09. The fourth-order valence-corrected chi connectivity index (χ4v) is 5.24. The highest BCUT2D eigenvalue weighted by molar-refractivity contribution is 7.90. The standard InChI is InChI=1S/C19H21N3O8S/c1-10(17(25)21-13(19(27)28)6-7-15(23)24)20-18(26)12-8-9-22-16(12)11-4-2-3-5-14(11)31(22,29)30/h2-5,10,13H,6-9H2,1H3,(H,20,26)(H,21,25)(H,23,24)(H,27,28)/t10-,13+/m0/s1. The zero-order valence-corrected chi connectivity index (χ0v) is 17.3. The normalized spacial score (nSPS) is 18.0. The van der Waals surface area contributed by atoms with Crippen molar-refractivity contribution in [2.24, 2.45) is 0 Å². The predicted octanol–water partition coefficient (Wildman–Crippen LogP) is -0.255. The topological polar surface area (TPSA) is 170 Å². The Morgan fingerprint density at radius 1 is 1.13 bits per heavy atom. The number of carbonyl (C=O) groups is 4. The highest BCUT2D eigenvalue weighted by Gasteiger charge is 2.44. The van der Waals surface area contributed by atoms with Gasteiger partial charge in [0.15, 0.2) is 0 Å². The van der Waals surface area contributed by atoms with Crippen LogP contribution in [0.3, 0.4) is 0 Å². The Labute approximate surface area is 177 Å². The number of aliphatic carboxylic acids is 2. The second-order valence-electron chi connectivity index (χ2n) is 7.18. The van der Waals surface area contributed by atoms with Gasteiger partial charge in [-0.15, -0.1) is 0 Å². The van der Waals surface area contributed by atoms with Gasteiger partial charge in [0.25, 0.3) is 10.0 Å². The molecule has 12 heteroatoms. The van der Waals surface area contributed by atoms with Crippen LogP contribution in [0.25, 0.3) is 5.70 Å². The summed E-state index contributed by atoms with van der Waals surface area (Å²) in [4.78, 5) is 47.1. The maximum Gasteiger partial charge on any atom is 0.326 e. The van der Waals surface area contributed by atoms with E-state index in [1.54, 1.807) is 18.2 Å². The van der Waals surface area contributed by atoms with Crippen molar-refractivity contribution >= 4 is 39.5 Å². The van der Waals surface area contributed by atoms with Gasteiger partial charge in [-0.3, -0.25) is 18.7 Å². The molecule has 0 radical (unpaired) electrons. The van der Waals surface area contributed by atoms with Gasteiger partial charge in [-0.1, -0.05) is 18.2 Å². The quantitative estimate of drug-likeness (QED) is 0.419. The number of benzene rings is 1. The van der Waals surface area contributed by atoms with E-state index in [2.05, 4.69) is 10.6 Å². The number of sulfonamides is 1. The summed E-state index contributed by atoms with van der Waals surface area (Å²) in [5, 5.41) is 22.5. The molecule has 0 spiro atoms. The molecule has 2 atom stereocenters. The van der Waals surface area contributed by atoms with Crippen LogP contribution >= 0.6 is 0 Å². The van der Waals surface area contributed by atoms with Crippen LogP contribution in [-0.4, -0.2) is 65.3 Å². The van der Waals surface area contributed by atoms with Crippen molar-refractivity contribution in [3.8, 4) is 0 Å². The van der Waals surface area contributed by atoms with E-state index in [-0.39, 0.29) is 35.6 Å². The average molecular weight is 451 g/mol. The van der Waals surface area contributed by atoms with Crippen LogP contribution in [0.1, 0.15) is 31.7 Å². The van der Waals surface area contributed by atoms with Gasteiger partial charge in [-0.05, 0) is 25.8 Å². The van der Waals surface area contributed by atoms with Crippen LogP contribution in [0.2, 0.25) is 0 Å². The monoisotopic (exact) mass is 451 g/mol. The Morgan fingerprint density at radius 3 is 2.45 bits per heavy atom. The zero-order valence-electron chi connectivity index (χ0n) is 16.5. The van der Waals surface area contributed by atoms with Crippen LogP contribution in [-0.2, 0) is 29.2 Å². The van der Waals surface area contributed by atoms with E-state index in [9.17, 15) is 27.6 Å². The van der Waals surface area contributed by atoms with Crippen molar-refractivity contribution in [3.05, 3.63) is 35.4 Å². The number of carboxylic acid groups (broad SMARTS) is 2. The first-order chi connectivity index (χ1) is 14.5. The molecule has 11 nitrogen and oxygen atoms in total. The molecule has 0 aromatic heterocycles. The van der Waals surface area contributed by atoms with Crippen LogP contribution in [0.5, 0.6) is 0 Å². The first-order valence-electron chi connectivity index (χ1n) is 9.45. The Kier molecular flexibility index (Phi) is 6.02. The lowest BCUT2D eigenvalue weighted by atomic mass is 10.1. The van der Waals surface area contributed by atoms with Crippen molar-refractivity contribution < 1.29 is 37.8 Å².